The zero-order chi connectivity index (χ0) is 21.7. The summed E-state index contributed by atoms with van der Waals surface area (Å²) in [7, 11) is 0. The summed E-state index contributed by atoms with van der Waals surface area (Å²) in [6.07, 6.45) is 0.690. The van der Waals surface area contributed by atoms with Crippen LogP contribution in [0.1, 0.15) is 32.8 Å². The van der Waals surface area contributed by atoms with Crippen LogP contribution < -0.4 is 5.32 Å². The third-order valence-corrected chi connectivity index (χ3v) is 4.94. The van der Waals surface area contributed by atoms with Crippen LogP contribution in [-0.2, 0) is 23.9 Å². The second kappa shape index (κ2) is 9.86. The number of carbonyl (C=O) groups is 3. The van der Waals surface area contributed by atoms with Crippen LogP contribution in [0.4, 0.5) is 5.69 Å². The van der Waals surface area contributed by atoms with Crippen molar-refractivity contribution in [3.63, 3.8) is 0 Å². The molecule has 0 bridgehead atoms. The molecule has 0 atom stereocenters. The Morgan fingerprint density at radius 3 is 2.40 bits per heavy atom. The summed E-state index contributed by atoms with van der Waals surface area (Å²) in [5.41, 5.74) is 2.13. The number of amides is 3. The van der Waals surface area contributed by atoms with E-state index in [0.717, 1.165) is 0 Å². The van der Waals surface area contributed by atoms with E-state index >= 15 is 0 Å². The van der Waals surface area contributed by atoms with E-state index in [1.165, 1.54) is 11.8 Å². The normalized spacial score (nSPS) is 17.3. The second-order valence-corrected chi connectivity index (χ2v) is 7.62. The van der Waals surface area contributed by atoms with Gasteiger partial charge in [-0.05, 0) is 38.0 Å². The molecule has 0 aliphatic carbocycles. The maximum Gasteiger partial charge on any atom is 0.277 e. The lowest BCUT2D eigenvalue weighted by Crippen LogP contribution is -2.40. The van der Waals surface area contributed by atoms with Crippen LogP contribution >= 0.6 is 0 Å². The molecule has 2 aliphatic rings. The van der Waals surface area contributed by atoms with Crippen LogP contribution in [0.15, 0.2) is 30.0 Å². The van der Waals surface area contributed by atoms with Crippen molar-refractivity contribution in [1.82, 2.24) is 9.80 Å². The van der Waals surface area contributed by atoms with Gasteiger partial charge in [-0.15, -0.1) is 0 Å². The Morgan fingerprint density at radius 2 is 1.80 bits per heavy atom. The van der Waals surface area contributed by atoms with Crippen LogP contribution in [0.3, 0.4) is 0 Å². The van der Waals surface area contributed by atoms with E-state index < -0.39 is 0 Å². The number of nitrogens with zero attached hydrogens (tertiary/aromatic N) is 2. The summed E-state index contributed by atoms with van der Waals surface area (Å²) >= 11 is 0. The van der Waals surface area contributed by atoms with Crippen molar-refractivity contribution in [1.29, 1.82) is 0 Å². The maximum atomic E-state index is 13.2. The Hall–Kier alpha value is -2.71. The molecule has 3 rings (SSSR count). The fourth-order valence-electron chi connectivity index (χ4n) is 3.57. The summed E-state index contributed by atoms with van der Waals surface area (Å²) < 4.78 is 11.0. The topological polar surface area (TPSA) is 88.2 Å². The molecule has 2 heterocycles. The number of rotatable bonds is 8. The molecule has 0 radical (unpaired) electrons. The van der Waals surface area contributed by atoms with Gasteiger partial charge in [0.1, 0.15) is 5.70 Å². The van der Waals surface area contributed by atoms with E-state index in [9.17, 15) is 14.4 Å². The van der Waals surface area contributed by atoms with Crippen molar-refractivity contribution in [2.24, 2.45) is 0 Å². The molecule has 1 aromatic rings. The Balaban J connectivity index is 1.86. The summed E-state index contributed by atoms with van der Waals surface area (Å²) in [6.45, 7) is 8.29. The summed E-state index contributed by atoms with van der Waals surface area (Å²) in [5.74, 6) is -0.733. The van der Waals surface area contributed by atoms with Gasteiger partial charge in [0.05, 0.1) is 24.9 Å². The van der Waals surface area contributed by atoms with Crippen LogP contribution in [-0.4, -0.2) is 73.1 Å². The van der Waals surface area contributed by atoms with E-state index in [1.54, 1.807) is 24.3 Å². The quantitative estimate of drug-likeness (QED) is 0.515. The van der Waals surface area contributed by atoms with Gasteiger partial charge in [-0.2, -0.15) is 0 Å². The Bertz CT molecular complexity index is 826. The van der Waals surface area contributed by atoms with Gasteiger partial charge in [-0.25, -0.2) is 0 Å². The zero-order valence-electron chi connectivity index (χ0n) is 17.8. The molecule has 1 saturated heterocycles. The van der Waals surface area contributed by atoms with Gasteiger partial charge in [0.15, 0.2) is 0 Å². The third-order valence-electron chi connectivity index (χ3n) is 4.94. The predicted octanol–water partition coefficient (Wildman–Crippen LogP) is 1.87. The Labute approximate surface area is 176 Å². The fourth-order valence-corrected chi connectivity index (χ4v) is 3.57. The van der Waals surface area contributed by atoms with Crippen molar-refractivity contribution >= 4 is 29.0 Å². The lowest BCUT2D eigenvalue weighted by atomic mass is 10.0. The first kappa shape index (κ1) is 22.0. The van der Waals surface area contributed by atoms with Crippen LogP contribution in [0, 0.1) is 0 Å². The fraction of sp³-hybridized carbons (Fsp3) is 0.500. The van der Waals surface area contributed by atoms with E-state index in [1.807, 2.05) is 18.7 Å². The number of anilines is 1. The highest BCUT2D eigenvalue weighted by atomic mass is 16.5. The Morgan fingerprint density at radius 1 is 1.13 bits per heavy atom. The number of morpholine rings is 1. The number of imide groups is 1. The molecule has 8 nitrogen and oxygen atoms in total. The number of hydrogen-bond donors (Lipinski definition) is 1. The van der Waals surface area contributed by atoms with Crippen molar-refractivity contribution < 1.29 is 23.9 Å². The summed E-state index contributed by atoms with van der Waals surface area (Å²) in [6, 6.07) is 6.99. The van der Waals surface area contributed by atoms with E-state index in [0.29, 0.717) is 68.4 Å². The number of nitrogens with one attached hydrogen (secondary N) is 1. The largest absolute Gasteiger partial charge is 0.379 e. The minimum absolute atomic E-state index is 0.106. The van der Waals surface area contributed by atoms with E-state index in [4.69, 9.17) is 9.47 Å². The molecule has 1 aromatic carbocycles. The molecule has 1 fully saturated rings. The zero-order valence-corrected chi connectivity index (χ0v) is 17.8. The average Bonchev–Trinajstić information content (AvgIpc) is 2.96. The van der Waals surface area contributed by atoms with Crippen molar-refractivity contribution in [3.05, 3.63) is 35.5 Å². The number of hydrogen-bond acceptors (Lipinski definition) is 6. The SMILES string of the molecule is CC(=O)Nc1ccc(C2=C(N3CCOCC3)C(=O)N(CCCOC(C)C)C2=O)cc1. The highest BCUT2D eigenvalue weighted by Crippen LogP contribution is 2.32. The van der Waals surface area contributed by atoms with Crippen LogP contribution in [0.2, 0.25) is 0 Å². The average molecular weight is 415 g/mol. The Kier molecular flexibility index (Phi) is 7.23. The molecular formula is C22H29N3O5. The monoisotopic (exact) mass is 415 g/mol. The molecule has 162 valence electrons. The maximum absolute atomic E-state index is 13.2. The first-order valence-corrected chi connectivity index (χ1v) is 10.3. The van der Waals surface area contributed by atoms with Gasteiger partial charge in [0, 0.05) is 38.9 Å². The number of carbonyl (C=O) groups excluding carboxylic acids is 3. The molecule has 0 saturated carbocycles. The van der Waals surface area contributed by atoms with Crippen molar-refractivity contribution in [2.45, 2.75) is 33.3 Å². The van der Waals surface area contributed by atoms with E-state index in [2.05, 4.69) is 5.32 Å². The molecule has 30 heavy (non-hydrogen) atoms. The van der Waals surface area contributed by atoms with Crippen LogP contribution in [0.5, 0.6) is 0 Å². The molecule has 3 amide bonds. The molecule has 0 aromatic heterocycles. The summed E-state index contributed by atoms with van der Waals surface area (Å²) in [5, 5.41) is 2.71. The van der Waals surface area contributed by atoms with Crippen LogP contribution in [0.25, 0.3) is 5.57 Å². The van der Waals surface area contributed by atoms with Gasteiger partial charge in [0.25, 0.3) is 11.8 Å². The third kappa shape index (κ3) is 5.06. The first-order chi connectivity index (χ1) is 14.4. The molecule has 1 N–H and O–H groups in total. The summed E-state index contributed by atoms with van der Waals surface area (Å²) in [4.78, 5) is 41.0. The molecule has 8 heteroatoms. The van der Waals surface area contributed by atoms with Gasteiger partial charge in [0.2, 0.25) is 5.91 Å². The molecular weight excluding hydrogens is 386 g/mol. The van der Waals surface area contributed by atoms with Crippen molar-refractivity contribution in [3.8, 4) is 0 Å². The molecule has 0 spiro atoms. The predicted molar refractivity (Wildman–Crippen MR) is 112 cm³/mol. The second-order valence-electron chi connectivity index (χ2n) is 7.62. The lowest BCUT2D eigenvalue weighted by Gasteiger charge is -2.29. The highest BCUT2D eigenvalue weighted by molar-refractivity contribution is 6.35. The highest BCUT2D eigenvalue weighted by Gasteiger charge is 2.41. The standard InChI is InChI=1S/C22H29N3O5/c1-15(2)30-12-4-9-25-21(27)19(17-5-7-18(8-6-17)23-16(3)26)20(22(25)28)24-10-13-29-14-11-24/h5-8,15H,4,9-14H2,1-3H3,(H,23,26). The first-order valence-electron chi connectivity index (χ1n) is 10.3. The number of benzene rings is 1. The van der Waals surface area contributed by atoms with Gasteiger partial charge < -0.3 is 19.7 Å². The minimum atomic E-state index is -0.293. The molecule has 0 unspecified atom stereocenters. The molecule has 2 aliphatic heterocycles. The van der Waals surface area contributed by atoms with Gasteiger partial charge in [-0.1, -0.05) is 12.1 Å². The smallest absolute Gasteiger partial charge is 0.277 e. The van der Waals surface area contributed by atoms with Gasteiger partial charge >= 0.3 is 0 Å². The minimum Gasteiger partial charge on any atom is -0.379 e. The number of ether oxygens (including phenoxy) is 2. The van der Waals surface area contributed by atoms with E-state index in [-0.39, 0.29) is 23.8 Å². The van der Waals surface area contributed by atoms with Crippen molar-refractivity contribution in [2.75, 3.05) is 44.8 Å². The van der Waals surface area contributed by atoms with Gasteiger partial charge in [-0.3, -0.25) is 19.3 Å². The lowest BCUT2D eigenvalue weighted by molar-refractivity contribution is -0.138.